The van der Waals surface area contributed by atoms with Crippen LogP contribution in [0.15, 0.2) is 24.3 Å². The highest BCUT2D eigenvalue weighted by Gasteiger charge is 2.52. The highest BCUT2D eigenvalue weighted by Crippen LogP contribution is 2.43. The van der Waals surface area contributed by atoms with Gasteiger partial charge < -0.3 is 14.5 Å². The molecule has 5 rings (SSSR count). The molecule has 0 N–H and O–H groups in total. The van der Waals surface area contributed by atoms with E-state index in [0.717, 1.165) is 31.4 Å². The molecule has 5 nitrogen and oxygen atoms in total. The second-order valence-electron chi connectivity index (χ2n) is 9.68. The van der Waals surface area contributed by atoms with E-state index in [1.54, 1.807) is 12.1 Å². The lowest BCUT2D eigenvalue weighted by Crippen LogP contribution is -2.67. The zero-order valence-corrected chi connectivity index (χ0v) is 17.0. The molecule has 4 aliphatic rings. The van der Waals surface area contributed by atoms with Crippen LogP contribution in [0.3, 0.4) is 0 Å². The standard InChI is InChI=1S/C23H29FN2O3/c1-23(13-29-14-23)22(28)25-11-16-10-17(12-25)20(9-15-4-2-5-18(24)8-15)26-19(16)6-3-7-21(26)27/h2,4-5,8,16-17,19-20H,3,6-7,9-14H2,1H3/t16-,17+,19+,20+/m1/s1. The molecule has 156 valence electrons. The van der Waals surface area contributed by atoms with Gasteiger partial charge in [0.25, 0.3) is 0 Å². The number of rotatable bonds is 3. The van der Waals surface area contributed by atoms with Crippen LogP contribution < -0.4 is 0 Å². The van der Waals surface area contributed by atoms with Gasteiger partial charge >= 0.3 is 0 Å². The predicted octanol–water partition coefficient (Wildman–Crippen LogP) is 2.63. The largest absolute Gasteiger partial charge is 0.379 e. The minimum atomic E-state index is -0.397. The van der Waals surface area contributed by atoms with Gasteiger partial charge in [-0.05, 0) is 62.1 Å². The molecule has 1 aromatic rings. The van der Waals surface area contributed by atoms with Crippen LogP contribution in [0.25, 0.3) is 0 Å². The van der Waals surface area contributed by atoms with Crippen LogP contribution >= 0.6 is 0 Å². The molecule has 4 heterocycles. The summed E-state index contributed by atoms with van der Waals surface area (Å²) in [5.41, 5.74) is 0.527. The first-order chi connectivity index (χ1) is 13.9. The van der Waals surface area contributed by atoms with Crippen molar-refractivity contribution in [3.05, 3.63) is 35.6 Å². The average molecular weight is 400 g/mol. The second-order valence-corrected chi connectivity index (χ2v) is 9.68. The molecule has 0 aromatic heterocycles. The van der Waals surface area contributed by atoms with E-state index in [1.807, 2.05) is 17.9 Å². The first-order valence-electron chi connectivity index (χ1n) is 10.9. The predicted molar refractivity (Wildman–Crippen MR) is 105 cm³/mol. The number of fused-ring (bicyclic) bond motifs is 4. The van der Waals surface area contributed by atoms with E-state index < -0.39 is 5.41 Å². The molecule has 4 atom stereocenters. The fourth-order valence-corrected chi connectivity index (χ4v) is 6.02. The number of likely N-dealkylation sites (tertiary alicyclic amines) is 1. The van der Waals surface area contributed by atoms with E-state index in [-0.39, 0.29) is 35.6 Å². The number of ether oxygens (including phenoxy) is 1. The van der Waals surface area contributed by atoms with Gasteiger partial charge in [0.1, 0.15) is 5.82 Å². The zero-order valence-electron chi connectivity index (χ0n) is 17.0. The van der Waals surface area contributed by atoms with Gasteiger partial charge in [-0.15, -0.1) is 0 Å². The molecule has 0 spiro atoms. The Kier molecular flexibility index (Phi) is 4.65. The fraction of sp³-hybridized carbons (Fsp3) is 0.652. The lowest BCUT2D eigenvalue weighted by molar-refractivity contribution is -0.177. The number of hydrogen-bond acceptors (Lipinski definition) is 3. The third-order valence-electron chi connectivity index (χ3n) is 7.48. The highest BCUT2D eigenvalue weighted by atomic mass is 19.1. The van der Waals surface area contributed by atoms with Crippen molar-refractivity contribution in [2.45, 2.75) is 51.1 Å². The summed E-state index contributed by atoms with van der Waals surface area (Å²) in [5.74, 6) is 0.769. The number of amides is 2. The molecule has 0 unspecified atom stereocenters. The number of benzene rings is 1. The number of nitrogens with zero attached hydrogens (tertiary/aromatic N) is 2. The van der Waals surface area contributed by atoms with Crippen LogP contribution in [-0.4, -0.2) is 60.0 Å². The average Bonchev–Trinajstić information content (AvgIpc) is 2.69. The SMILES string of the molecule is CC1(C(=O)N2C[C@H]3C[C@@H](C2)[C@H](Cc2cccc(F)c2)N2C(=O)CCC[C@@H]32)COC1. The lowest BCUT2D eigenvalue weighted by atomic mass is 9.70. The molecule has 29 heavy (non-hydrogen) atoms. The Morgan fingerprint density at radius 3 is 2.79 bits per heavy atom. The molecule has 0 radical (unpaired) electrons. The molecule has 2 bridgehead atoms. The van der Waals surface area contributed by atoms with Crippen LogP contribution in [0.2, 0.25) is 0 Å². The Morgan fingerprint density at radius 2 is 2.07 bits per heavy atom. The lowest BCUT2D eigenvalue weighted by Gasteiger charge is -2.57. The molecule has 4 fully saturated rings. The van der Waals surface area contributed by atoms with Gasteiger partial charge in [0, 0.05) is 31.6 Å². The first kappa shape index (κ1) is 19.0. The number of carbonyl (C=O) groups is 2. The van der Waals surface area contributed by atoms with Gasteiger partial charge in [-0.25, -0.2) is 4.39 Å². The van der Waals surface area contributed by atoms with Crippen LogP contribution in [0.1, 0.15) is 38.2 Å². The quantitative estimate of drug-likeness (QED) is 0.784. The van der Waals surface area contributed by atoms with Crippen molar-refractivity contribution in [1.29, 1.82) is 0 Å². The van der Waals surface area contributed by atoms with Gasteiger partial charge in [-0.3, -0.25) is 9.59 Å². The van der Waals surface area contributed by atoms with Crippen molar-refractivity contribution < 1.29 is 18.7 Å². The minimum absolute atomic E-state index is 0.0342. The molecular weight excluding hydrogens is 371 g/mol. The summed E-state index contributed by atoms with van der Waals surface area (Å²) in [6.07, 6.45) is 4.23. The van der Waals surface area contributed by atoms with Gasteiger partial charge in [0.2, 0.25) is 11.8 Å². The maximum absolute atomic E-state index is 13.8. The highest BCUT2D eigenvalue weighted by molar-refractivity contribution is 5.84. The Balaban J connectivity index is 1.44. The van der Waals surface area contributed by atoms with Crippen molar-refractivity contribution in [3.8, 4) is 0 Å². The Morgan fingerprint density at radius 1 is 1.28 bits per heavy atom. The van der Waals surface area contributed by atoms with Gasteiger partial charge in [-0.1, -0.05) is 12.1 Å². The van der Waals surface area contributed by atoms with E-state index in [4.69, 9.17) is 4.74 Å². The van der Waals surface area contributed by atoms with Crippen molar-refractivity contribution in [2.75, 3.05) is 26.3 Å². The third kappa shape index (κ3) is 3.25. The molecule has 2 amide bonds. The smallest absolute Gasteiger partial charge is 0.233 e. The molecule has 6 heteroatoms. The van der Waals surface area contributed by atoms with Crippen LogP contribution in [0, 0.1) is 23.1 Å². The van der Waals surface area contributed by atoms with Crippen molar-refractivity contribution in [1.82, 2.24) is 9.80 Å². The number of piperidine rings is 3. The van der Waals surface area contributed by atoms with E-state index in [0.29, 0.717) is 38.5 Å². The number of carbonyl (C=O) groups excluding carboxylic acids is 2. The van der Waals surface area contributed by atoms with Gasteiger partial charge in [0.05, 0.1) is 18.6 Å². The summed E-state index contributed by atoms with van der Waals surface area (Å²) in [6, 6.07) is 6.95. The first-order valence-corrected chi connectivity index (χ1v) is 10.9. The minimum Gasteiger partial charge on any atom is -0.379 e. The molecule has 0 saturated carbocycles. The van der Waals surface area contributed by atoms with Gasteiger partial charge in [-0.2, -0.15) is 0 Å². The molecule has 4 aliphatic heterocycles. The second kappa shape index (κ2) is 7.08. The summed E-state index contributed by atoms with van der Waals surface area (Å²) in [4.78, 5) is 30.3. The normalized spacial score (nSPS) is 33.1. The summed E-state index contributed by atoms with van der Waals surface area (Å²) < 4.78 is 19.1. The summed E-state index contributed by atoms with van der Waals surface area (Å²) in [6.45, 7) is 4.41. The van der Waals surface area contributed by atoms with E-state index in [2.05, 4.69) is 4.90 Å². The molecular formula is C23H29FN2O3. The van der Waals surface area contributed by atoms with E-state index >= 15 is 0 Å². The van der Waals surface area contributed by atoms with Crippen molar-refractivity contribution in [3.63, 3.8) is 0 Å². The molecule has 1 aromatic carbocycles. The number of hydrogen-bond donors (Lipinski definition) is 0. The zero-order chi connectivity index (χ0) is 20.2. The van der Waals surface area contributed by atoms with Crippen molar-refractivity contribution in [2.24, 2.45) is 17.3 Å². The van der Waals surface area contributed by atoms with Crippen LogP contribution in [0.4, 0.5) is 4.39 Å². The molecule has 4 saturated heterocycles. The maximum Gasteiger partial charge on any atom is 0.233 e. The summed E-state index contributed by atoms with van der Waals surface area (Å²) >= 11 is 0. The third-order valence-corrected chi connectivity index (χ3v) is 7.48. The number of halogens is 1. The summed E-state index contributed by atoms with van der Waals surface area (Å²) in [7, 11) is 0. The maximum atomic E-state index is 13.8. The Bertz CT molecular complexity index is 824. The topological polar surface area (TPSA) is 49.9 Å². The Hall–Kier alpha value is -1.95. The van der Waals surface area contributed by atoms with Gasteiger partial charge in [0.15, 0.2) is 0 Å². The monoisotopic (exact) mass is 400 g/mol. The fourth-order valence-electron chi connectivity index (χ4n) is 6.02. The van der Waals surface area contributed by atoms with Crippen molar-refractivity contribution >= 4 is 11.8 Å². The van der Waals surface area contributed by atoms with Crippen LogP contribution in [-0.2, 0) is 20.7 Å². The van der Waals surface area contributed by atoms with E-state index in [9.17, 15) is 14.0 Å². The molecule has 0 aliphatic carbocycles. The van der Waals surface area contributed by atoms with Crippen LogP contribution in [0.5, 0.6) is 0 Å². The van der Waals surface area contributed by atoms with E-state index in [1.165, 1.54) is 6.07 Å². The Labute approximate surface area is 171 Å². The summed E-state index contributed by atoms with van der Waals surface area (Å²) in [5, 5.41) is 0.